The summed E-state index contributed by atoms with van der Waals surface area (Å²) in [6.45, 7) is 3.61. The zero-order valence-corrected chi connectivity index (χ0v) is 16.2. The molecule has 2 aromatic heterocycles. The first-order valence-electron chi connectivity index (χ1n) is 10.0. The van der Waals surface area contributed by atoms with E-state index in [-0.39, 0.29) is 11.3 Å². The Bertz CT molecular complexity index is 991. The van der Waals surface area contributed by atoms with E-state index in [0.29, 0.717) is 24.8 Å². The lowest BCUT2D eigenvalue weighted by Crippen LogP contribution is -2.36. The van der Waals surface area contributed by atoms with Crippen LogP contribution in [0.3, 0.4) is 0 Å². The van der Waals surface area contributed by atoms with Gasteiger partial charge in [0.1, 0.15) is 0 Å². The summed E-state index contributed by atoms with van der Waals surface area (Å²) < 4.78 is 5.41. The van der Waals surface area contributed by atoms with Crippen LogP contribution in [0.2, 0.25) is 0 Å². The monoisotopic (exact) mass is 389 g/mol. The van der Waals surface area contributed by atoms with Crippen LogP contribution in [0.15, 0.2) is 59.3 Å². The maximum Gasteiger partial charge on any atom is 0.257 e. The van der Waals surface area contributed by atoms with Crippen molar-refractivity contribution in [3.8, 4) is 11.5 Å². The number of carbonyl (C=O) groups is 1. The van der Waals surface area contributed by atoms with Gasteiger partial charge in [-0.2, -0.15) is 4.98 Å². The van der Waals surface area contributed by atoms with Crippen molar-refractivity contribution in [3.05, 3.63) is 66.2 Å². The van der Waals surface area contributed by atoms with E-state index in [1.807, 2.05) is 53.4 Å². The molecule has 2 fully saturated rings. The fourth-order valence-corrected chi connectivity index (χ4v) is 4.42. The van der Waals surface area contributed by atoms with Crippen LogP contribution in [-0.4, -0.2) is 50.5 Å². The Morgan fingerprint density at radius 3 is 2.66 bits per heavy atom. The Kier molecular flexibility index (Phi) is 4.60. The van der Waals surface area contributed by atoms with Gasteiger partial charge in [0.2, 0.25) is 5.91 Å². The van der Waals surface area contributed by atoms with Crippen LogP contribution in [-0.2, 0) is 17.9 Å². The van der Waals surface area contributed by atoms with Crippen LogP contribution in [0.25, 0.3) is 11.5 Å². The van der Waals surface area contributed by atoms with E-state index in [9.17, 15) is 4.79 Å². The molecule has 0 radical (unpaired) electrons. The number of carbonyl (C=O) groups excluding carboxylic acids is 1. The van der Waals surface area contributed by atoms with Gasteiger partial charge in [-0.15, -0.1) is 0 Å². The highest BCUT2D eigenvalue weighted by Crippen LogP contribution is 2.41. The van der Waals surface area contributed by atoms with Gasteiger partial charge in [-0.25, -0.2) is 0 Å². The number of likely N-dealkylation sites (tertiary alicyclic amines) is 2. The third-order valence-corrected chi connectivity index (χ3v) is 5.97. The number of nitrogens with zero attached hydrogens (tertiary/aromatic N) is 5. The third-order valence-electron chi connectivity index (χ3n) is 5.97. The summed E-state index contributed by atoms with van der Waals surface area (Å²) in [4.78, 5) is 26.2. The molecular weight excluding hydrogens is 366 g/mol. The Balaban J connectivity index is 1.22. The second-order valence-electron chi connectivity index (χ2n) is 7.92. The molecule has 1 amide bonds. The van der Waals surface area contributed by atoms with E-state index in [4.69, 9.17) is 4.52 Å². The molecule has 1 aromatic carbocycles. The van der Waals surface area contributed by atoms with Gasteiger partial charge in [0.15, 0.2) is 5.82 Å². The molecule has 7 nitrogen and oxygen atoms in total. The molecular formula is C22H23N5O2. The SMILES string of the molecule is O=C1N(Cc2ccccn2)CCC12CCN(Cc1noc(-c3ccccc3)n1)C2. The first-order chi connectivity index (χ1) is 14.2. The van der Waals surface area contributed by atoms with Gasteiger partial charge in [0, 0.05) is 24.8 Å². The zero-order valence-electron chi connectivity index (χ0n) is 16.2. The van der Waals surface area contributed by atoms with Crippen LogP contribution in [0.1, 0.15) is 24.4 Å². The van der Waals surface area contributed by atoms with E-state index in [2.05, 4.69) is 20.0 Å². The summed E-state index contributed by atoms with van der Waals surface area (Å²) in [5.74, 6) is 1.45. The highest BCUT2D eigenvalue weighted by Gasteiger charge is 2.50. The summed E-state index contributed by atoms with van der Waals surface area (Å²) in [5.41, 5.74) is 1.58. The Morgan fingerprint density at radius 2 is 1.83 bits per heavy atom. The molecule has 2 aliphatic heterocycles. The first kappa shape index (κ1) is 18.0. The summed E-state index contributed by atoms with van der Waals surface area (Å²) in [5, 5.41) is 4.13. The maximum absolute atomic E-state index is 13.1. The minimum absolute atomic E-state index is 0.253. The molecule has 2 saturated heterocycles. The molecule has 0 bridgehead atoms. The van der Waals surface area contributed by atoms with Crippen molar-refractivity contribution in [2.45, 2.75) is 25.9 Å². The predicted molar refractivity (Wildman–Crippen MR) is 106 cm³/mol. The number of rotatable bonds is 5. The molecule has 5 rings (SSSR count). The van der Waals surface area contributed by atoms with E-state index in [0.717, 1.165) is 43.7 Å². The molecule has 2 aliphatic rings. The highest BCUT2D eigenvalue weighted by molar-refractivity contribution is 5.85. The van der Waals surface area contributed by atoms with E-state index in [1.54, 1.807) is 6.20 Å². The molecule has 0 saturated carbocycles. The van der Waals surface area contributed by atoms with Crippen molar-refractivity contribution < 1.29 is 9.32 Å². The lowest BCUT2D eigenvalue weighted by atomic mass is 9.85. The van der Waals surface area contributed by atoms with Gasteiger partial charge >= 0.3 is 0 Å². The molecule has 4 heterocycles. The maximum atomic E-state index is 13.1. The van der Waals surface area contributed by atoms with E-state index in [1.165, 1.54) is 0 Å². The van der Waals surface area contributed by atoms with Gasteiger partial charge in [0.05, 0.1) is 24.2 Å². The highest BCUT2D eigenvalue weighted by atomic mass is 16.5. The van der Waals surface area contributed by atoms with Crippen LogP contribution < -0.4 is 0 Å². The number of benzene rings is 1. The van der Waals surface area contributed by atoms with Gasteiger partial charge in [-0.3, -0.25) is 14.7 Å². The Morgan fingerprint density at radius 1 is 1.00 bits per heavy atom. The summed E-state index contributed by atoms with van der Waals surface area (Å²) in [6.07, 6.45) is 3.56. The molecule has 29 heavy (non-hydrogen) atoms. The molecule has 1 atom stereocenters. The molecule has 0 N–H and O–H groups in total. The minimum Gasteiger partial charge on any atom is -0.336 e. The average Bonchev–Trinajstić information content (AvgIpc) is 3.47. The quantitative estimate of drug-likeness (QED) is 0.668. The van der Waals surface area contributed by atoms with Crippen LogP contribution >= 0.6 is 0 Å². The summed E-state index contributed by atoms with van der Waals surface area (Å²) >= 11 is 0. The van der Waals surface area contributed by atoms with Crippen molar-refractivity contribution >= 4 is 5.91 Å². The van der Waals surface area contributed by atoms with Crippen LogP contribution in [0, 0.1) is 5.41 Å². The van der Waals surface area contributed by atoms with Crippen LogP contribution in [0.5, 0.6) is 0 Å². The van der Waals surface area contributed by atoms with E-state index < -0.39 is 0 Å². The van der Waals surface area contributed by atoms with Crippen molar-refractivity contribution in [1.82, 2.24) is 24.9 Å². The third kappa shape index (κ3) is 3.53. The fraction of sp³-hybridized carbons (Fsp3) is 0.364. The minimum atomic E-state index is -0.277. The van der Waals surface area contributed by atoms with E-state index >= 15 is 0 Å². The molecule has 3 aromatic rings. The second kappa shape index (κ2) is 7.40. The second-order valence-corrected chi connectivity index (χ2v) is 7.92. The number of amides is 1. The molecule has 0 aliphatic carbocycles. The number of hydrogen-bond donors (Lipinski definition) is 0. The van der Waals surface area contributed by atoms with Crippen LogP contribution in [0.4, 0.5) is 0 Å². The number of aromatic nitrogens is 3. The lowest BCUT2D eigenvalue weighted by Gasteiger charge is -2.23. The zero-order chi connectivity index (χ0) is 19.7. The smallest absolute Gasteiger partial charge is 0.257 e. The van der Waals surface area contributed by atoms with Gasteiger partial charge in [0.25, 0.3) is 5.89 Å². The van der Waals surface area contributed by atoms with Crippen molar-refractivity contribution in [3.63, 3.8) is 0 Å². The van der Waals surface area contributed by atoms with Crippen molar-refractivity contribution in [2.75, 3.05) is 19.6 Å². The molecule has 1 spiro atoms. The number of pyridine rings is 1. The standard InChI is InChI=1S/C22H23N5O2/c28-21-22(10-13-27(21)14-18-8-4-5-11-23-18)9-12-26(16-22)15-19-24-20(29-25-19)17-6-2-1-3-7-17/h1-8,11H,9-10,12-16H2. The van der Waals surface area contributed by atoms with Crippen molar-refractivity contribution in [1.29, 1.82) is 0 Å². The van der Waals surface area contributed by atoms with Gasteiger partial charge in [-0.05, 0) is 43.7 Å². The molecule has 1 unspecified atom stereocenters. The Hall–Kier alpha value is -3.06. The van der Waals surface area contributed by atoms with Gasteiger partial charge < -0.3 is 9.42 Å². The molecule has 7 heteroatoms. The Labute approximate surface area is 169 Å². The summed E-state index contributed by atoms with van der Waals surface area (Å²) in [6, 6.07) is 15.6. The average molecular weight is 389 g/mol. The molecule has 148 valence electrons. The fourth-order valence-electron chi connectivity index (χ4n) is 4.42. The normalized spacial score (nSPS) is 22.1. The van der Waals surface area contributed by atoms with Gasteiger partial charge in [-0.1, -0.05) is 29.4 Å². The summed E-state index contributed by atoms with van der Waals surface area (Å²) in [7, 11) is 0. The predicted octanol–water partition coefficient (Wildman–Crippen LogP) is 2.76. The topological polar surface area (TPSA) is 75.4 Å². The number of hydrogen-bond acceptors (Lipinski definition) is 6. The largest absolute Gasteiger partial charge is 0.336 e. The first-order valence-corrected chi connectivity index (χ1v) is 10.0. The van der Waals surface area contributed by atoms with Crippen molar-refractivity contribution in [2.24, 2.45) is 5.41 Å². The lowest BCUT2D eigenvalue weighted by molar-refractivity contribution is -0.136.